The topological polar surface area (TPSA) is 45.2 Å². The molecule has 1 aromatic heterocycles. The lowest BCUT2D eigenvalue weighted by molar-refractivity contribution is 0.217. The average Bonchev–Trinajstić information content (AvgIpc) is 2.56. The van der Waals surface area contributed by atoms with Gasteiger partial charge in [-0.1, -0.05) is 0 Å². The van der Waals surface area contributed by atoms with Crippen LogP contribution in [0.4, 0.5) is 4.79 Å². The number of nitrogens with one attached hydrogen (secondary N) is 1. The van der Waals surface area contributed by atoms with Gasteiger partial charge < -0.3 is 10.2 Å². The average molecular weight is 199 g/mol. The molecule has 13 heavy (non-hydrogen) atoms. The lowest BCUT2D eigenvalue weighted by atomic mass is 10.4. The molecule has 0 saturated carbocycles. The molecule has 2 amide bonds. The van der Waals surface area contributed by atoms with E-state index in [1.807, 2.05) is 5.38 Å². The summed E-state index contributed by atoms with van der Waals surface area (Å²) in [6.07, 6.45) is 2.57. The van der Waals surface area contributed by atoms with Gasteiger partial charge in [-0.2, -0.15) is 0 Å². The summed E-state index contributed by atoms with van der Waals surface area (Å²) in [5, 5.41) is 5.76. The van der Waals surface area contributed by atoms with E-state index in [0.717, 1.165) is 11.4 Å². The highest BCUT2D eigenvalue weighted by Gasteiger charge is 2.01. The third-order valence-corrected chi connectivity index (χ3v) is 2.34. The number of hydrogen-bond acceptors (Lipinski definition) is 3. The molecule has 0 aliphatic carbocycles. The van der Waals surface area contributed by atoms with E-state index in [2.05, 4.69) is 10.3 Å². The highest BCUT2D eigenvalue weighted by Crippen LogP contribution is 2.03. The Morgan fingerprint density at radius 1 is 1.69 bits per heavy atom. The third-order valence-electron chi connectivity index (χ3n) is 1.50. The van der Waals surface area contributed by atoms with E-state index in [-0.39, 0.29) is 6.03 Å². The van der Waals surface area contributed by atoms with Crippen molar-refractivity contribution in [3.63, 3.8) is 0 Å². The van der Waals surface area contributed by atoms with Crippen molar-refractivity contribution in [1.82, 2.24) is 15.2 Å². The second kappa shape index (κ2) is 4.81. The fourth-order valence-corrected chi connectivity index (χ4v) is 1.43. The van der Waals surface area contributed by atoms with Crippen LogP contribution in [0.15, 0.2) is 11.6 Å². The van der Waals surface area contributed by atoms with E-state index in [9.17, 15) is 4.79 Å². The van der Waals surface area contributed by atoms with Crippen molar-refractivity contribution in [2.75, 3.05) is 20.6 Å². The van der Waals surface area contributed by atoms with Gasteiger partial charge in [0.15, 0.2) is 0 Å². The van der Waals surface area contributed by atoms with Gasteiger partial charge in [0.25, 0.3) is 0 Å². The number of rotatable bonds is 3. The molecule has 4 nitrogen and oxygen atoms in total. The van der Waals surface area contributed by atoms with Gasteiger partial charge in [0.2, 0.25) is 0 Å². The second-order valence-electron chi connectivity index (χ2n) is 2.80. The highest BCUT2D eigenvalue weighted by atomic mass is 32.1. The van der Waals surface area contributed by atoms with Gasteiger partial charge in [-0.15, -0.1) is 11.3 Å². The maximum Gasteiger partial charge on any atom is 0.316 e. The van der Waals surface area contributed by atoms with Crippen LogP contribution in [0.2, 0.25) is 0 Å². The monoisotopic (exact) mass is 199 g/mol. The highest BCUT2D eigenvalue weighted by molar-refractivity contribution is 7.09. The zero-order valence-electron chi connectivity index (χ0n) is 7.78. The summed E-state index contributed by atoms with van der Waals surface area (Å²) in [7, 11) is 3.44. The lowest BCUT2D eigenvalue weighted by Crippen LogP contribution is -2.35. The summed E-state index contributed by atoms with van der Waals surface area (Å²) in [6.45, 7) is 0.643. The molecule has 1 heterocycles. The van der Waals surface area contributed by atoms with Gasteiger partial charge in [-0.05, 0) is 0 Å². The minimum Gasteiger partial charge on any atom is -0.338 e. The van der Waals surface area contributed by atoms with Crippen molar-refractivity contribution in [2.24, 2.45) is 0 Å². The normalized spacial score (nSPS) is 9.69. The van der Waals surface area contributed by atoms with Gasteiger partial charge in [0, 0.05) is 38.6 Å². The SMILES string of the molecule is CN(C)C(=O)NCCc1nccs1. The van der Waals surface area contributed by atoms with Crippen molar-refractivity contribution < 1.29 is 4.79 Å². The Kier molecular flexibility index (Phi) is 3.70. The summed E-state index contributed by atoms with van der Waals surface area (Å²) in [6, 6.07) is -0.0587. The predicted molar refractivity (Wildman–Crippen MR) is 52.9 cm³/mol. The summed E-state index contributed by atoms with van der Waals surface area (Å²) in [5.41, 5.74) is 0. The Balaban J connectivity index is 2.18. The van der Waals surface area contributed by atoms with E-state index in [1.165, 1.54) is 4.90 Å². The molecule has 0 atom stereocenters. The van der Waals surface area contributed by atoms with Crippen LogP contribution in [0.1, 0.15) is 5.01 Å². The largest absolute Gasteiger partial charge is 0.338 e. The van der Waals surface area contributed by atoms with E-state index < -0.39 is 0 Å². The summed E-state index contributed by atoms with van der Waals surface area (Å²) in [4.78, 5) is 16.7. The van der Waals surface area contributed by atoms with Gasteiger partial charge in [-0.3, -0.25) is 0 Å². The lowest BCUT2D eigenvalue weighted by Gasteiger charge is -2.10. The number of urea groups is 1. The van der Waals surface area contributed by atoms with Crippen LogP contribution < -0.4 is 5.32 Å². The molecule has 5 heteroatoms. The number of aromatic nitrogens is 1. The molecule has 0 bridgehead atoms. The number of thiazole rings is 1. The number of hydrogen-bond donors (Lipinski definition) is 1. The Morgan fingerprint density at radius 2 is 2.46 bits per heavy atom. The predicted octanol–water partition coefficient (Wildman–Crippen LogP) is 0.957. The molecule has 1 rings (SSSR count). The van der Waals surface area contributed by atoms with Crippen molar-refractivity contribution >= 4 is 17.4 Å². The third kappa shape index (κ3) is 3.42. The molecule has 0 saturated heterocycles. The van der Waals surface area contributed by atoms with Crippen molar-refractivity contribution in [1.29, 1.82) is 0 Å². The first-order valence-corrected chi connectivity index (χ1v) is 4.91. The second-order valence-corrected chi connectivity index (χ2v) is 3.78. The molecule has 0 radical (unpaired) electrons. The fraction of sp³-hybridized carbons (Fsp3) is 0.500. The molecule has 0 spiro atoms. The van der Waals surface area contributed by atoms with E-state index >= 15 is 0 Å². The van der Waals surface area contributed by atoms with Crippen LogP contribution in [0.5, 0.6) is 0 Å². The number of amides is 2. The van der Waals surface area contributed by atoms with E-state index in [1.54, 1.807) is 31.6 Å². The summed E-state index contributed by atoms with van der Waals surface area (Å²) >= 11 is 1.61. The van der Waals surface area contributed by atoms with Crippen molar-refractivity contribution in [3.8, 4) is 0 Å². The maximum atomic E-state index is 11.1. The molecule has 0 aliphatic heterocycles. The molecule has 0 unspecified atom stereocenters. The first kappa shape index (κ1) is 9.98. The van der Waals surface area contributed by atoms with E-state index in [4.69, 9.17) is 0 Å². The number of carbonyl (C=O) groups excluding carboxylic acids is 1. The van der Waals surface area contributed by atoms with Gasteiger partial charge >= 0.3 is 6.03 Å². The van der Waals surface area contributed by atoms with Crippen molar-refractivity contribution in [2.45, 2.75) is 6.42 Å². The quantitative estimate of drug-likeness (QED) is 0.788. The summed E-state index contributed by atoms with van der Waals surface area (Å²) in [5.74, 6) is 0. The van der Waals surface area contributed by atoms with Crippen LogP contribution in [-0.4, -0.2) is 36.6 Å². The first-order chi connectivity index (χ1) is 6.20. The molecule has 0 aliphatic rings. The molecular formula is C8H13N3OS. The van der Waals surface area contributed by atoms with Crippen LogP contribution in [0, 0.1) is 0 Å². The van der Waals surface area contributed by atoms with Gasteiger partial charge in [0.05, 0.1) is 5.01 Å². The smallest absolute Gasteiger partial charge is 0.316 e. The molecule has 1 N–H and O–H groups in total. The minimum atomic E-state index is -0.0587. The Hall–Kier alpha value is -1.10. The Labute approximate surface area is 81.6 Å². The van der Waals surface area contributed by atoms with Crippen molar-refractivity contribution in [3.05, 3.63) is 16.6 Å². The zero-order valence-corrected chi connectivity index (χ0v) is 8.60. The standard InChI is InChI=1S/C8H13N3OS/c1-11(2)8(12)10-4-3-7-9-5-6-13-7/h5-6H,3-4H2,1-2H3,(H,10,12). The van der Waals surface area contributed by atoms with Gasteiger partial charge in [0.1, 0.15) is 0 Å². The Bertz CT molecular complexity index is 258. The maximum absolute atomic E-state index is 11.1. The Morgan fingerprint density at radius 3 is 3.00 bits per heavy atom. The molecule has 0 aromatic carbocycles. The van der Waals surface area contributed by atoms with Crippen LogP contribution in [0.25, 0.3) is 0 Å². The van der Waals surface area contributed by atoms with Crippen LogP contribution in [0.3, 0.4) is 0 Å². The van der Waals surface area contributed by atoms with Crippen LogP contribution in [-0.2, 0) is 6.42 Å². The van der Waals surface area contributed by atoms with E-state index in [0.29, 0.717) is 6.54 Å². The number of nitrogens with zero attached hydrogens (tertiary/aromatic N) is 2. The molecule has 1 aromatic rings. The molecular weight excluding hydrogens is 186 g/mol. The minimum absolute atomic E-state index is 0.0587. The van der Waals surface area contributed by atoms with Crippen LogP contribution >= 0.6 is 11.3 Å². The van der Waals surface area contributed by atoms with Gasteiger partial charge in [-0.25, -0.2) is 9.78 Å². The summed E-state index contributed by atoms with van der Waals surface area (Å²) < 4.78 is 0. The molecule has 0 fully saturated rings. The number of carbonyl (C=O) groups is 1. The molecule has 72 valence electrons. The first-order valence-electron chi connectivity index (χ1n) is 4.03. The zero-order chi connectivity index (χ0) is 9.68. The fourth-order valence-electron chi connectivity index (χ4n) is 0.811.